The minimum absolute atomic E-state index is 0.0121. The van der Waals surface area contributed by atoms with Gasteiger partial charge in [-0.25, -0.2) is 0 Å². The van der Waals surface area contributed by atoms with E-state index in [1.807, 2.05) is 24.3 Å². The van der Waals surface area contributed by atoms with Crippen LogP contribution in [-0.4, -0.2) is 30.5 Å². The number of nitrogens with one attached hydrogen (secondary N) is 1. The summed E-state index contributed by atoms with van der Waals surface area (Å²) >= 11 is 0. The summed E-state index contributed by atoms with van der Waals surface area (Å²) in [6.07, 6.45) is 5.06. The number of benzene rings is 2. The van der Waals surface area contributed by atoms with Crippen molar-refractivity contribution in [1.29, 1.82) is 0 Å². The molecule has 2 aromatic rings. The van der Waals surface area contributed by atoms with Crippen LogP contribution in [0.5, 0.6) is 5.75 Å². The number of carbonyl (C=O) groups is 1. The summed E-state index contributed by atoms with van der Waals surface area (Å²) in [7, 11) is 0. The van der Waals surface area contributed by atoms with Gasteiger partial charge in [0.2, 0.25) is 0 Å². The van der Waals surface area contributed by atoms with E-state index < -0.39 is 0 Å². The lowest BCUT2D eigenvalue weighted by Gasteiger charge is -2.26. The van der Waals surface area contributed by atoms with Crippen molar-refractivity contribution >= 4 is 11.6 Å². The highest BCUT2D eigenvalue weighted by molar-refractivity contribution is 5.91. The second-order valence-corrected chi connectivity index (χ2v) is 7.75. The minimum atomic E-state index is -0.144. The first-order valence-electron chi connectivity index (χ1n) is 10.5. The van der Waals surface area contributed by atoms with Crippen molar-refractivity contribution in [3.63, 3.8) is 0 Å². The van der Waals surface area contributed by atoms with Crippen molar-refractivity contribution in [3.8, 4) is 5.75 Å². The largest absolute Gasteiger partial charge is 0.484 e. The van der Waals surface area contributed by atoms with Crippen molar-refractivity contribution in [2.45, 2.75) is 52.0 Å². The maximum absolute atomic E-state index is 12.2. The monoisotopic (exact) mass is 380 g/mol. The van der Waals surface area contributed by atoms with Crippen LogP contribution in [0.15, 0.2) is 48.5 Å². The third kappa shape index (κ3) is 6.10. The fourth-order valence-corrected chi connectivity index (χ4v) is 3.54. The first-order chi connectivity index (χ1) is 13.6. The highest BCUT2D eigenvalue weighted by atomic mass is 16.5. The molecule has 1 fully saturated rings. The number of amides is 1. The van der Waals surface area contributed by atoms with Crippen LogP contribution >= 0.6 is 0 Å². The fourth-order valence-electron chi connectivity index (χ4n) is 3.54. The van der Waals surface area contributed by atoms with Crippen LogP contribution in [0, 0.1) is 0 Å². The Kier molecular flexibility index (Phi) is 7.49. The molecule has 0 bridgehead atoms. The summed E-state index contributed by atoms with van der Waals surface area (Å²) in [5.74, 6) is 1.11. The Morgan fingerprint density at radius 2 is 1.71 bits per heavy atom. The predicted molar refractivity (Wildman–Crippen MR) is 115 cm³/mol. The van der Waals surface area contributed by atoms with Crippen LogP contribution in [-0.2, 0) is 11.3 Å². The van der Waals surface area contributed by atoms with E-state index in [4.69, 9.17) is 4.74 Å². The van der Waals surface area contributed by atoms with Gasteiger partial charge in [0, 0.05) is 12.2 Å². The van der Waals surface area contributed by atoms with Crippen LogP contribution in [0.2, 0.25) is 0 Å². The molecular formula is C24H32N2O2. The average Bonchev–Trinajstić information content (AvgIpc) is 2.74. The molecule has 0 radical (unpaired) electrons. The molecule has 4 nitrogen and oxygen atoms in total. The van der Waals surface area contributed by atoms with Crippen LogP contribution in [0.25, 0.3) is 0 Å². The summed E-state index contributed by atoms with van der Waals surface area (Å²) in [5, 5.41) is 2.90. The number of likely N-dealkylation sites (tertiary alicyclic amines) is 1. The van der Waals surface area contributed by atoms with Gasteiger partial charge in [0.05, 0.1) is 0 Å². The standard InChI is InChI=1S/C24H32N2O2/c1-3-19(2)21-9-13-23(14-10-21)28-18-24(27)25-22-11-7-20(8-12-22)17-26-15-5-4-6-16-26/h7-14,19H,3-6,15-18H2,1-2H3,(H,25,27)/t19-/m0/s1. The molecule has 0 spiro atoms. The van der Waals surface area contributed by atoms with Crippen LogP contribution in [0.4, 0.5) is 5.69 Å². The Morgan fingerprint density at radius 3 is 2.36 bits per heavy atom. The molecule has 0 aliphatic carbocycles. The van der Waals surface area contributed by atoms with Gasteiger partial charge in [0.15, 0.2) is 6.61 Å². The number of ether oxygens (including phenoxy) is 1. The second-order valence-electron chi connectivity index (χ2n) is 7.75. The van der Waals surface area contributed by atoms with Gasteiger partial charge in [-0.15, -0.1) is 0 Å². The van der Waals surface area contributed by atoms with Gasteiger partial charge < -0.3 is 10.1 Å². The van der Waals surface area contributed by atoms with Crippen molar-refractivity contribution < 1.29 is 9.53 Å². The first-order valence-corrected chi connectivity index (χ1v) is 10.5. The molecule has 0 aromatic heterocycles. The third-order valence-electron chi connectivity index (χ3n) is 5.52. The van der Waals surface area contributed by atoms with Gasteiger partial charge in [-0.1, -0.05) is 44.5 Å². The lowest BCUT2D eigenvalue weighted by molar-refractivity contribution is -0.118. The number of hydrogen-bond acceptors (Lipinski definition) is 3. The summed E-state index contributed by atoms with van der Waals surface area (Å²) in [4.78, 5) is 14.7. The van der Waals surface area contributed by atoms with Gasteiger partial charge in [-0.2, -0.15) is 0 Å². The molecule has 1 aliphatic rings. The number of anilines is 1. The van der Waals surface area contributed by atoms with Crippen molar-refractivity contribution in [3.05, 3.63) is 59.7 Å². The second kappa shape index (κ2) is 10.3. The molecule has 1 aliphatic heterocycles. The normalized spacial score (nSPS) is 15.8. The molecule has 1 atom stereocenters. The van der Waals surface area contributed by atoms with Crippen molar-refractivity contribution in [2.24, 2.45) is 0 Å². The number of rotatable bonds is 8. The summed E-state index contributed by atoms with van der Waals surface area (Å²) in [5.41, 5.74) is 3.39. The molecule has 0 saturated carbocycles. The molecule has 3 rings (SSSR count). The number of hydrogen-bond donors (Lipinski definition) is 1. The van der Waals surface area contributed by atoms with Gasteiger partial charge in [-0.05, 0) is 73.7 Å². The quantitative estimate of drug-likeness (QED) is 0.684. The van der Waals surface area contributed by atoms with Gasteiger partial charge in [0.1, 0.15) is 5.75 Å². The lowest BCUT2D eigenvalue weighted by atomic mass is 9.99. The maximum Gasteiger partial charge on any atom is 0.262 e. The van der Waals surface area contributed by atoms with E-state index in [1.165, 1.54) is 43.5 Å². The molecule has 0 unspecified atom stereocenters. The SMILES string of the molecule is CC[C@H](C)c1ccc(OCC(=O)Nc2ccc(CN3CCCCC3)cc2)cc1. The maximum atomic E-state index is 12.2. The third-order valence-corrected chi connectivity index (χ3v) is 5.52. The Bertz CT molecular complexity index is 734. The molecule has 28 heavy (non-hydrogen) atoms. The Morgan fingerprint density at radius 1 is 1.04 bits per heavy atom. The number of nitrogens with zero attached hydrogens (tertiary/aromatic N) is 1. The van der Waals surface area contributed by atoms with Crippen LogP contribution in [0.1, 0.15) is 56.6 Å². The highest BCUT2D eigenvalue weighted by Gasteiger charge is 2.10. The van der Waals surface area contributed by atoms with Gasteiger partial charge in [-0.3, -0.25) is 9.69 Å². The molecule has 1 N–H and O–H groups in total. The zero-order valence-electron chi connectivity index (χ0n) is 17.1. The van der Waals surface area contributed by atoms with Gasteiger partial charge >= 0.3 is 0 Å². The van der Waals surface area contributed by atoms with Crippen molar-refractivity contribution in [1.82, 2.24) is 4.90 Å². The van der Waals surface area contributed by atoms with Crippen LogP contribution in [0.3, 0.4) is 0 Å². The van der Waals surface area contributed by atoms with Gasteiger partial charge in [0.25, 0.3) is 5.91 Å². The molecular weight excluding hydrogens is 348 g/mol. The molecule has 150 valence electrons. The lowest BCUT2D eigenvalue weighted by Crippen LogP contribution is -2.29. The Hall–Kier alpha value is -2.33. The highest BCUT2D eigenvalue weighted by Crippen LogP contribution is 2.21. The van der Waals surface area contributed by atoms with Crippen molar-refractivity contribution in [2.75, 3.05) is 25.0 Å². The molecule has 2 aromatic carbocycles. The summed E-state index contributed by atoms with van der Waals surface area (Å²) in [6.45, 7) is 7.77. The summed E-state index contributed by atoms with van der Waals surface area (Å²) < 4.78 is 5.61. The van der Waals surface area contributed by atoms with E-state index in [0.717, 1.165) is 24.4 Å². The average molecular weight is 381 g/mol. The van der Waals surface area contributed by atoms with E-state index >= 15 is 0 Å². The zero-order valence-corrected chi connectivity index (χ0v) is 17.1. The summed E-state index contributed by atoms with van der Waals surface area (Å²) in [6, 6.07) is 16.1. The van der Waals surface area contributed by atoms with E-state index in [0.29, 0.717) is 5.92 Å². The van der Waals surface area contributed by atoms with E-state index in [9.17, 15) is 4.79 Å². The molecule has 1 saturated heterocycles. The number of piperidine rings is 1. The molecule has 1 amide bonds. The van der Waals surface area contributed by atoms with E-state index in [-0.39, 0.29) is 12.5 Å². The Labute approximate surface area is 168 Å². The predicted octanol–water partition coefficient (Wildman–Crippen LogP) is 5.20. The molecule has 4 heteroatoms. The minimum Gasteiger partial charge on any atom is -0.484 e. The van der Waals surface area contributed by atoms with Crippen LogP contribution < -0.4 is 10.1 Å². The molecule has 1 heterocycles. The zero-order chi connectivity index (χ0) is 19.8. The topological polar surface area (TPSA) is 41.6 Å². The number of carbonyl (C=O) groups excluding carboxylic acids is 1. The Balaban J connectivity index is 1.44. The smallest absolute Gasteiger partial charge is 0.262 e. The van der Waals surface area contributed by atoms with E-state index in [2.05, 4.69) is 48.3 Å². The van der Waals surface area contributed by atoms with E-state index in [1.54, 1.807) is 0 Å². The fraction of sp³-hybridized carbons (Fsp3) is 0.458. The first kappa shape index (κ1) is 20.4.